The molecule has 0 saturated carbocycles. The van der Waals surface area contributed by atoms with Gasteiger partial charge in [-0.15, -0.1) is 0 Å². The van der Waals surface area contributed by atoms with Crippen molar-refractivity contribution in [3.63, 3.8) is 0 Å². The zero-order valence-electron chi connectivity index (χ0n) is 17.3. The van der Waals surface area contributed by atoms with E-state index in [0.29, 0.717) is 46.0 Å². The summed E-state index contributed by atoms with van der Waals surface area (Å²) < 4.78 is 28.2. The van der Waals surface area contributed by atoms with Crippen LogP contribution in [-0.2, 0) is 6.61 Å². The molecule has 6 nitrogen and oxygen atoms in total. The number of hydrogen-bond donors (Lipinski definition) is 0. The summed E-state index contributed by atoms with van der Waals surface area (Å²) in [5.41, 5.74) is 1.67. The van der Waals surface area contributed by atoms with Crippen molar-refractivity contribution in [1.29, 1.82) is 0 Å². The molecule has 0 bridgehead atoms. The molecular weight excluding hydrogens is 384 g/mol. The Bertz CT molecular complexity index is 1270. The van der Waals surface area contributed by atoms with E-state index in [-0.39, 0.29) is 0 Å². The Hall–Kier alpha value is -3.67. The van der Waals surface area contributed by atoms with Gasteiger partial charge in [-0.2, -0.15) is 0 Å². The number of ether oxygens (including phenoxy) is 4. The van der Waals surface area contributed by atoms with Crippen molar-refractivity contribution in [3.05, 3.63) is 70.1 Å². The monoisotopic (exact) mass is 406 g/mol. The van der Waals surface area contributed by atoms with Gasteiger partial charge in [-0.25, -0.2) is 4.79 Å². The van der Waals surface area contributed by atoms with E-state index in [1.807, 2.05) is 43.3 Å². The molecule has 0 spiro atoms. The predicted octanol–water partition coefficient (Wildman–Crippen LogP) is 4.86. The smallest absolute Gasteiger partial charge is 0.348 e. The van der Waals surface area contributed by atoms with Crippen LogP contribution in [0.4, 0.5) is 0 Å². The Kier molecular flexibility index (Phi) is 5.23. The van der Waals surface area contributed by atoms with Crippen LogP contribution in [0.2, 0.25) is 0 Å². The third kappa shape index (κ3) is 3.30. The largest absolute Gasteiger partial charge is 0.497 e. The van der Waals surface area contributed by atoms with Crippen molar-refractivity contribution in [3.8, 4) is 23.0 Å². The maximum Gasteiger partial charge on any atom is 0.348 e. The van der Waals surface area contributed by atoms with Crippen molar-refractivity contribution in [2.75, 3.05) is 21.3 Å². The molecule has 0 aliphatic carbocycles. The summed E-state index contributed by atoms with van der Waals surface area (Å²) in [6, 6.07) is 15.1. The SMILES string of the molecule is COc1cc(OC)c2c(=O)oc3c(OCc4ccccc4)c(OC)cc(C)c3c2c1. The maximum absolute atomic E-state index is 12.9. The van der Waals surface area contributed by atoms with Gasteiger partial charge in [-0.1, -0.05) is 30.3 Å². The van der Waals surface area contributed by atoms with Crippen LogP contribution in [0.5, 0.6) is 23.0 Å². The molecule has 0 unspecified atom stereocenters. The molecule has 0 aliphatic rings. The molecule has 1 heterocycles. The van der Waals surface area contributed by atoms with Crippen molar-refractivity contribution in [2.24, 2.45) is 0 Å². The Morgan fingerprint density at radius 2 is 1.60 bits per heavy atom. The first-order chi connectivity index (χ1) is 14.6. The van der Waals surface area contributed by atoms with Crippen LogP contribution in [0.3, 0.4) is 0 Å². The lowest BCUT2D eigenvalue weighted by Crippen LogP contribution is -2.06. The lowest BCUT2D eigenvalue weighted by Gasteiger charge is -2.16. The lowest BCUT2D eigenvalue weighted by atomic mass is 10.0. The quantitative estimate of drug-likeness (QED) is 0.337. The third-order valence-electron chi connectivity index (χ3n) is 5.04. The summed E-state index contributed by atoms with van der Waals surface area (Å²) in [5, 5.41) is 1.76. The minimum Gasteiger partial charge on any atom is -0.497 e. The first-order valence-electron chi connectivity index (χ1n) is 9.44. The minimum atomic E-state index is -0.519. The van der Waals surface area contributed by atoms with Gasteiger partial charge in [-0.3, -0.25) is 0 Å². The number of fused-ring (bicyclic) bond motifs is 3. The third-order valence-corrected chi connectivity index (χ3v) is 5.04. The first kappa shape index (κ1) is 19.6. The molecule has 0 amide bonds. The number of hydrogen-bond acceptors (Lipinski definition) is 6. The average molecular weight is 406 g/mol. The summed E-state index contributed by atoms with van der Waals surface area (Å²) in [5.74, 6) is 1.84. The van der Waals surface area contributed by atoms with Gasteiger partial charge in [0.1, 0.15) is 23.5 Å². The van der Waals surface area contributed by atoms with E-state index in [9.17, 15) is 4.79 Å². The van der Waals surface area contributed by atoms with Crippen LogP contribution >= 0.6 is 0 Å². The molecule has 0 fully saturated rings. The van der Waals surface area contributed by atoms with Crippen LogP contribution in [0, 0.1) is 6.92 Å². The van der Waals surface area contributed by atoms with Crippen molar-refractivity contribution >= 4 is 21.7 Å². The highest BCUT2D eigenvalue weighted by molar-refractivity contribution is 6.10. The second kappa shape index (κ2) is 7.99. The van der Waals surface area contributed by atoms with Gasteiger partial charge in [0.2, 0.25) is 5.75 Å². The van der Waals surface area contributed by atoms with Gasteiger partial charge in [0.25, 0.3) is 0 Å². The van der Waals surface area contributed by atoms with Crippen molar-refractivity contribution in [1.82, 2.24) is 0 Å². The molecule has 4 aromatic rings. The normalized spacial score (nSPS) is 10.9. The van der Waals surface area contributed by atoms with Gasteiger partial charge < -0.3 is 23.4 Å². The Morgan fingerprint density at radius 1 is 0.867 bits per heavy atom. The molecule has 30 heavy (non-hydrogen) atoms. The summed E-state index contributed by atoms with van der Waals surface area (Å²) in [7, 11) is 4.63. The van der Waals surface area contributed by atoms with E-state index in [1.165, 1.54) is 7.11 Å². The topological polar surface area (TPSA) is 67.1 Å². The summed E-state index contributed by atoms with van der Waals surface area (Å²) in [6.45, 7) is 2.23. The van der Waals surface area contributed by atoms with Crippen LogP contribution in [0.15, 0.2) is 57.7 Å². The van der Waals surface area contributed by atoms with Gasteiger partial charge in [0, 0.05) is 16.8 Å². The maximum atomic E-state index is 12.9. The number of aryl methyl sites for hydroxylation is 1. The standard InChI is InChI=1S/C24H22O6/c1-14-10-19(28-4)22(29-13-15-8-6-5-7-9-15)23-20(14)17-11-16(26-2)12-18(27-3)21(17)24(25)30-23/h5-12H,13H2,1-4H3. The van der Waals surface area contributed by atoms with Crippen LogP contribution in [0.25, 0.3) is 21.7 Å². The summed E-state index contributed by atoms with van der Waals surface area (Å²) >= 11 is 0. The predicted molar refractivity (Wildman–Crippen MR) is 115 cm³/mol. The molecule has 3 aromatic carbocycles. The summed E-state index contributed by atoms with van der Waals surface area (Å²) in [6.07, 6.45) is 0. The molecule has 0 aliphatic heterocycles. The second-order valence-electron chi connectivity index (χ2n) is 6.84. The minimum absolute atomic E-state index is 0.304. The van der Waals surface area contributed by atoms with E-state index in [2.05, 4.69) is 0 Å². The van der Waals surface area contributed by atoms with Crippen LogP contribution in [0.1, 0.15) is 11.1 Å². The van der Waals surface area contributed by atoms with Gasteiger partial charge in [0.15, 0.2) is 11.3 Å². The van der Waals surface area contributed by atoms with E-state index >= 15 is 0 Å². The fraction of sp³-hybridized carbons (Fsp3) is 0.208. The van der Waals surface area contributed by atoms with Gasteiger partial charge in [0.05, 0.1) is 21.3 Å². The molecule has 6 heteroatoms. The van der Waals surface area contributed by atoms with Crippen LogP contribution in [-0.4, -0.2) is 21.3 Å². The molecule has 0 radical (unpaired) electrons. The van der Waals surface area contributed by atoms with E-state index in [4.69, 9.17) is 23.4 Å². The van der Waals surface area contributed by atoms with E-state index in [1.54, 1.807) is 26.4 Å². The molecule has 154 valence electrons. The first-order valence-corrected chi connectivity index (χ1v) is 9.44. The van der Waals surface area contributed by atoms with E-state index in [0.717, 1.165) is 16.5 Å². The number of benzene rings is 3. The molecule has 0 atom stereocenters. The highest BCUT2D eigenvalue weighted by Gasteiger charge is 2.21. The molecule has 1 aromatic heterocycles. The Balaban J connectivity index is 2.02. The highest BCUT2D eigenvalue weighted by atomic mass is 16.5. The van der Waals surface area contributed by atoms with Crippen molar-refractivity contribution < 1.29 is 23.4 Å². The zero-order chi connectivity index (χ0) is 21.3. The Morgan fingerprint density at radius 3 is 2.27 bits per heavy atom. The Labute approximate surface area is 173 Å². The van der Waals surface area contributed by atoms with Gasteiger partial charge in [-0.05, 0) is 30.2 Å². The molecule has 0 N–H and O–H groups in total. The fourth-order valence-electron chi connectivity index (χ4n) is 3.61. The van der Waals surface area contributed by atoms with Crippen molar-refractivity contribution in [2.45, 2.75) is 13.5 Å². The fourth-order valence-corrected chi connectivity index (χ4v) is 3.61. The molecule has 4 rings (SSSR count). The average Bonchev–Trinajstić information content (AvgIpc) is 2.77. The molecular formula is C24H22O6. The molecule has 0 saturated heterocycles. The number of methoxy groups -OCH3 is 3. The van der Waals surface area contributed by atoms with Gasteiger partial charge >= 0.3 is 5.63 Å². The second-order valence-corrected chi connectivity index (χ2v) is 6.84. The number of rotatable bonds is 6. The zero-order valence-corrected chi connectivity index (χ0v) is 17.3. The van der Waals surface area contributed by atoms with E-state index < -0.39 is 5.63 Å². The van der Waals surface area contributed by atoms with Crippen LogP contribution < -0.4 is 24.6 Å². The highest BCUT2D eigenvalue weighted by Crippen LogP contribution is 2.42. The lowest BCUT2D eigenvalue weighted by molar-refractivity contribution is 0.283. The summed E-state index contributed by atoms with van der Waals surface area (Å²) in [4.78, 5) is 12.9.